The first-order valence-electron chi connectivity index (χ1n) is 6.81. The molecule has 3 N–H and O–H groups in total. The molecule has 0 spiro atoms. The van der Waals surface area contributed by atoms with Crippen molar-refractivity contribution in [1.29, 1.82) is 0 Å². The third-order valence-corrected chi connectivity index (χ3v) is 5.17. The van der Waals surface area contributed by atoms with Gasteiger partial charge in [-0.3, -0.25) is 0 Å². The fourth-order valence-corrected chi connectivity index (χ4v) is 3.59. The lowest BCUT2D eigenvalue weighted by atomic mass is 9.96. The average Bonchev–Trinajstić information content (AvgIpc) is 2.39. The van der Waals surface area contributed by atoms with Gasteiger partial charge >= 0.3 is 0 Å². The van der Waals surface area contributed by atoms with Gasteiger partial charge in [0.1, 0.15) is 5.75 Å². The SMILES string of the molecule is CCC(CC)C(C)NS(=O)(=O)c1ccc(N)c(OC)c1. The standard InChI is InChI=1S/C14H24N2O3S/c1-5-11(6-2)10(3)16-20(17,18)12-7-8-13(15)14(9-12)19-4/h7-11,16H,5-6,15H2,1-4H3. The number of nitrogen functional groups attached to an aromatic ring is 1. The van der Waals surface area contributed by atoms with Crippen molar-refractivity contribution in [1.82, 2.24) is 4.72 Å². The molecule has 0 heterocycles. The Morgan fingerprint density at radius 2 is 1.90 bits per heavy atom. The summed E-state index contributed by atoms with van der Waals surface area (Å²) in [7, 11) is -2.10. The largest absolute Gasteiger partial charge is 0.495 e. The van der Waals surface area contributed by atoms with Crippen LogP contribution in [-0.4, -0.2) is 21.6 Å². The van der Waals surface area contributed by atoms with E-state index < -0.39 is 10.0 Å². The molecule has 20 heavy (non-hydrogen) atoms. The van der Waals surface area contributed by atoms with E-state index in [1.807, 2.05) is 6.92 Å². The van der Waals surface area contributed by atoms with Gasteiger partial charge in [-0.15, -0.1) is 0 Å². The molecular formula is C14H24N2O3S. The van der Waals surface area contributed by atoms with E-state index in [2.05, 4.69) is 18.6 Å². The molecule has 1 unspecified atom stereocenters. The molecule has 0 fully saturated rings. The van der Waals surface area contributed by atoms with Crippen molar-refractivity contribution < 1.29 is 13.2 Å². The van der Waals surface area contributed by atoms with E-state index in [4.69, 9.17) is 10.5 Å². The molecule has 0 aromatic heterocycles. The van der Waals surface area contributed by atoms with E-state index in [1.165, 1.54) is 25.3 Å². The van der Waals surface area contributed by atoms with Gasteiger partial charge in [-0.25, -0.2) is 13.1 Å². The average molecular weight is 300 g/mol. The Bertz CT molecular complexity index is 539. The fourth-order valence-electron chi connectivity index (χ4n) is 2.26. The number of hydrogen-bond acceptors (Lipinski definition) is 4. The maximum atomic E-state index is 12.4. The number of ether oxygens (including phenoxy) is 1. The zero-order valence-electron chi connectivity index (χ0n) is 12.5. The van der Waals surface area contributed by atoms with Crippen molar-refractivity contribution in [2.45, 2.75) is 44.6 Å². The zero-order chi connectivity index (χ0) is 15.3. The van der Waals surface area contributed by atoms with E-state index in [-0.39, 0.29) is 10.9 Å². The molecular weight excluding hydrogens is 276 g/mol. The molecule has 1 aromatic rings. The first-order chi connectivity index (χ1) is 9.35. The minimum absolute atomic E-state index is 0.112. The first kappa shape index (κ1) is 16.8. The Hall–Kier alpha value is -1.27. The summed E-state index contributed by atoms with van der Waals surface area (Å²) in [6, 6.07) is 4.35. The number of rotatable bonds is 7. The highest BCUT2D eigenvalue weighted by Crippen LogP contribution is 2.25. The van der Waals surface area contributed by atoms with Crippen molar-refractivity contribution >= 4 is 15.7 Å². The molecule has 0 aliphatic rings. The summed E-state index contributed by atoms with van der Waals surface area (Å²) in [6.45, 7) is 6.01. The van der Waals surface area contributed by atoms with Gasteiger partial charge < -0.3 is 10.5 Å². The third-order valence-electron chi connectivity index (χ3n) is 3.61. The molecule has 114 valence electrons. The highest BCUT2D eigenvalue weighted by Gasteiger charge is 2.22. The summed E-state index contributed by atoms with van der Waals surface area (Å²) in [5.74, 6) is 0.684. The minimum atomic E-state index is -3.56. The van der Waals surface area contributed by atoms with Crippen molar-refractivity contribution in [2.75, 3.05) is 12.8 Å². The monoisotopic (exact) mass is 300 g/mol. The fraction of sp³-hybridized carbons (Fsp3) is 0.571. The number of benzene rings is 1. The summed E-state index contributed by atoms with van der Waals surface area (Å²) in [4.78, 5) is 0.168. The van der Waals surface area contributed by atoms with Gasteiger partial charge in [-0.05, 0) is 25.0 Å². The lowest BCUT2D eigenvalue weighted by Gasteiger charge is -2.22. The Kier molecular flexibility index (Phi) is 5.83. The maximum Gasteiger partial charge on any atom is 0.240 e. The van der Waals surface area contributed by atoms with Crippen molar-refractivity contribution in [3.63, 3.8) is 0 Å². The van der Waals surface area contributed by atoms with Crippen LogP contribution in [0.3, 0.4) is 0 Å². The van der Waals surface area contributed by atoms with Gasteiger partial charge in [0.25, 0.3) is 0 Å². The molecule has 0 saturated heterocycles. The third kappa shape index (κ3) is 3.86. The predicted octanol–water partition coefficient (Wildman–Crippen LogP) is 2.38. The number of sulfonamides is 1. The van der Waals surface area contributed by atoms with Gasteiger partial charge in [0.15, 0.2) is 0 Å². The van der Waals surface area contributed by atoms with Crippen molar-refractivity contribution in [3.8, 4) is 5.75 Å². The summed E-state index contributed by atoms with van der Waals surface area (Å²) < 4.78 is 32.5. The smallest absolute Gasteiger partial charge is 0.240 e. The van der Waals surface area contributed by atoms with E-state index in [9.17, 15) is 8.42 Å². The number of hydrogen-bond donors (Lipinski definition) is 2. The summed E-state index contributed by atoms with van der Waals surface area (Å²) in [6.07, 6.45) is 1.87. The second-order valence-corrected chi connectivity index (χ2v) is 6.60. The van der Waals surface area contributed by atoms with Crippen LogP contribution in [0.4, 0.5) is 5.69 Å². The van der Waals surface area contributed by atoms with E-state index >= 15 is 0 Å². The molecule has 1 rings (SSSR count). The van der Waals surface area contributed by atoms with Crippen LogP contribution >= 0.6 is 0 Å². The maximum absolute atomic E-state index is 12.4. The van der Waals surface area contributed by atoms with E-state index in [1.54, 1.807) is 0 Å². The second-order valence-electron chi connectivity index (χ2n) is 4.89. The van der Waals surface area contributed by atoms with Gasteiger partial charge in [0.05, 0.1) is 17.7 Å². The summed E-state index contributed by atoms with van der Waals surface area (Å²) in [5, 5.41) is 0. The Morgan fingerprint density at radius 3 is 2.40 bits per heavy atom. The quantitative estimate of drug-likeness (QED) is 0.758. The van der Waals surface area contributed by atoms with Crippen molar-refractivity contribution in [3.05, 3.63) is 18.2 Å². The van der Waals surface area contributed by atoms with E-state index in [0.717, 1.165) is 12.8 Å². The zero-order valence-corrected chi connectivity index (χ0v) is 13.3. The molecule has 1 aromatic carbocycles. The molecule has 0 amide bonds. The number of anilines is 1. The van der Waals surface area contributed by atoms with E-state index in [0.29, 0.717) is 17.4 Å². The molecule has 0 saturated carbocycles. The van der Waals surface area contributed by atoms with Crippen LogP contribution in [0.15, 0.2) is 23.1 Å². The number of nitrogens with two attached hydrogens (primary N) is 1. The molecule has 6 heteroatoms. The van der Waals surface area contributed by atoms with Crippen LogP contribution in [0.1, 0.15) is 33.6 Å². The molecule has 0 bridgehead atoms. The van der Waals surface area contributed by atoms with Crippen LogP contribution < -0.4 is 15.2 Å². The van der Waals surface area contributed by atoms with Crippen LogP contribution in [0.2, 0.25) is 0 Å². The first-order valence-corrected chi connectivity index (χ1v) is 8.29. The van der Waals surface area contributed by atoms with Gasteiger partial charge in [-0.2, -0.15) is 0 Å². The highest BCUT2D eigenvalue weighted by atomic mass is 32.2. The Morgan fingerprint density at radius 1 is 1.30 bits per heavy atom. The molecule has 1 atom stereocenters. The lowest BCUT2D eigenvalue weighted by Crippen LogP contribution is -2.37. The molecule has 5 nitrogen and oxygen atoms in total. The Balaban J connectivity index is 2.99. The highest BCUT2D eigenvalue weighted by molar-refractivity contribution is 7.89. The second kappa shape index (κ2) is 6.95. The van der Waals surface area contributed by atoms with Crippen LogP contribution in [-0.2, 0) is 10.0 Å². The summed E-state index contributed by atoms with van der Waals surface area (Å²) in [5.41, 5.74) is 6.11. The van der Waals surface area contributed by atoms with Gasteiger partial charge in [-0.1, -0.05) is 26.7 Å². The summed E-state index contributed by atoms with van der Waals surface area (Å²) >= 11 is 0. The molecule has 0 aliphatic carbocycles. The van der Waals surface area contributed by atoms with Crippen molar-refractivity contribution in [2.24, 2.45) is 5.92 Å². The topological polar surface area (TPSA) is 81.4 Å². The molecule has 0 aliphatic heterocycles. The normalized spacial score (nSPS) is 13.4. The van der Waals surface area contributed by atoms with Crippen LogP contribution in [0.25, 0.3) is 0 Å². The van der Waals surface area contributed by atoms with Crippen LogP contribution in [0, 0.1) is 5.92 Å². The van der Waals surface area contributed by atoms with Gasteiger partial charge in [0, 0.05) is 12.1 Å². The number of methoxy groups -OCH3 is 1. The number of nitrogens with one attached hydrogen (secondary N) is 1. The predicted molar refractivity (Wildman–Crippen MR) is 81.3 cm³/mol. The lowest BCUT2D eigenvalue weighted by molar-refractivity contribution is 0.390. The van der Waals surface area contributed by atoms with Crippen LogP contribution in [0.5, 0.6) is 5.75 Å². The molecule has 0 radical (unpaired) electrons. The minimum Gasteiger partial charge on any atom is -0.495 e. The Labute approximate surface area is 121 Å². The van der Waals surface area contributed by atoms with Gasteiger partial charge in [0.2, 0.25) is 10.0 Å².